The summed E-state index contributed by atoms with van der Waals surface area (Å²) in [5, 5.41) is 10.8. The minimum absolute atomic E-state index is 0.385. The average Bonchev–Trinajstić information content (AvgIpc) is 2.76. The van der Waals surface area contributed by atoms with Crippen molar-refractivity contribution in [3.63, 3.8) is 0 Å². The zero-order valence-corrected chi connectivity index (χ0v) is 10.00. The Bertz CT molecular complexity index is 550. The molecule has 0 radical (unpaired) electrons. The van der Waals surface area contributed by atoms with Crippen LogP contribution in [0.15, 0.2) is 24.7 Å². The monoisotopic (exact) mass is 246 g/mol. The molecule has 2 heterocycles. The molecule has 2 aromatic heterocycles. The van der Waals surface area contributed by atoms with Crippen molar-refractivity contribution in [3.8, 4) is 0 Å². The van der Waals surface area contributed by atoms with E-state index in [4.69, 9.17) is 5.73 Å². The average molecular weight is 246 g/mol. The summed E-state index contributed by atoms with van der Waals surface area (Å²) in [6.07, 6.45) is 3.94. The molecular weight excluding hydrogens is 232 g/mol. The maximum absolute atomic E-state index is 11.2. The summed E-state index contributed by atoms with van der Waals surface area (Å²) in [5.41, 5.74) is 5.64. The Labute approximate surface area is 104 Å². The number of aryl methyl sites for hydroxylation is 1. The molecule has 0 aromatic carbocycles. The molecule has 3 N–H and O–H groups in total. The lowest BCUT2D eigenvalue weighted by molar-refractivity contribution is 0.100. The van der Waals surface area contributed by atoms with Crippen molar-refractivity contribution in [2.45, 2.75) is 6.42 Å². The van der Waals surface area contributed by atoms with Crippen LogP contribution in [0.4, 0.5) is 5.82 Å². The van der Waals surface area contributed by atoms with Crippen LogP contribution in [-0.4, -0.2) is 32.2 Å². The van der Waals surface area contributed by atoms with Crippen molar-refractivity contribution >= 4 is 11.7 Å². The normalized spacial score (nSPS) is 10.3. The minimum atomic E-state index is -0.496. The molecule has 7 nitrogen and oxygen atoms in total. The van der Waals surface area contributed by atoms with E-state index in [1.165, 1.54) is 0 Å². The van der Waals surface area contributed by atoms with Gasteiger partial charge in [-0.05, 0) is 12.1 Å². The van der Waals surface area contributed by atoms with Gasteiger partial charge in [-0.3, -0.25) is 4.79 Å². The fraction of sp³-hybridized carbons (Fsp3) is 0.273. The number of nitrogens with two attached hydrogens (primary N) is 1. The number of amides is 1. The van der Waals surface area contributed by atoms with Crippen LogP contribution in [0.2, 0.25) is 0 Å². The first kappa shape index (κ1) is 12.0. The first-order valence-electron chi connectivity index (χ1n) is 5.50. The Kier molecular flexibility index (Phi) is 3.52. The van der Waals surface area contributed by atoms with Crippen molar-refractivity contribution in [1.82, 2.24) is 19.7 Å². The molecule has 0 saturated heterocycles. The Morgan fingerprint density at radius 3 is 3.06 bits per heavy atom. The first-order chi connectivity index (χ1) is 8.68. The van der Waals surface area contributed by atoms with Gasteiger partial charge in [0.05, 0.1) is 5.56 Å². The van der Waals surface area contributed by atoms with Gasteiger partial charge in [-0.2, -0.15) is 0 Å². The van der Waals surface area contributed by atoms with Gasteiger partial charge in [-0.25, -0.2) is 4.98 Å². The highest BCUT2D eigenvalue weighted by Gasteiger charge is 2.08. The van der Waals surface area contributed by atoms with Gasteiger partial charge >= 0.3 is 0 Å². The van der Waals surface area contributed by atoms with E-state index in [0.29, 0.717) is 24.3 Å². The smallest absolute Gasteiger partial charge is 0.252 e. The zero-order chi connectivity index (χ0) is 13.0. The number of primary amides is 1. The fourth-order valence-corrected chi connectivity index (χ4v) is 1.57. The summed E-state index contributed by atoms with van der Waals surface area (Å²) in [4.78, 5) is 15.3. The molecule has 2 aromatic rings. The van der Waals surface area contributed by atoms with Gasteiger partial charge in [0.1, 0.15) is 18.0 Å². The largest absolute Gasteiger partial charge is 0.369 e. The second-order valence-corrected chi connectivity index (χ2v) is 3.80. The number of hydrogen-bond acceptors (Lipinski definition) is 5. The quantitative estimate of drug-likeness (QED) is 0.771. The number of rotatable bonds is 5. The van der Waals surface area contributed by atoms with Crippen LogP contribution in [0.25, 0.3) is 0 Å². The molecule has 0 aliphatic carbocycles. The van der Waals surface area contributed by atoms with Gasteiger partial charge in [0.25, 0.3) is 5.91 Å². The summed E-state index contributed by atoms with van der Waals surface area (Å²) in [7, 11) is 1.88. The van der Waals surface area contributed by atoms with Gasteiger partial charge in [-0.15, -0.1) is 10.2 Å². The third-order valence-electron chi connectivity index (χ3n) is 2.52. The van der Waals surface area contributed by atoms with Gasteiger partial charge < -0.3 is 15.6 Å². The van der Waals surface area contributed by atoms with Crippen LogP contribution in [0.5, 0.6) is 0 Å². The Hall–Kier alpha value is -2.44. The summed E-state index contributed by atoms with van der Waals surface area (Å²) >= 11 is 0. The molecule has 18 heavy (non-hydrogen) atoms. The Morgan fingerprint density at radius 2 is 2.39 bits per heavy atom. The second kappa shape index (κ2) is 5.26. The van der Waals surface area contributed by atoms with E-state index >= 15 is 0 Å². The molecule has 0 spiro atoms. The van der Waals surface area contributed by atoms with Crippen LogP contribution in [0.3, 0.4) is 0 Å². The molecule has 0 saturated carbocycles. The number of anilines is 1. The highest BCUT2D eigenvalue weighted by molar-refractivity contribution is 5.97. The van der Waals surface area contributed by atoms with E-state index in [1.54, 1.807) is 24.7 Å². The molecule has 0 bridgehead atoms. The molecule has 94 valence electrons. The van der Waals surface area contributed by atoms with Crippen molar-refractivity contribution in [2.75, 3.05) is 11.9 Å². The summed E-state index contributed by atoms with van der Waals surface area (Å²) < 4.78 is 1.84. The third-order valence-corrected chi connectivity index (χ3v) is 2.52. The summed E-state index contributed by atoms with van der Waals surface area (Å²) in [6, 6.07) is 3.31. The van der Waals surface area contributed by atoms with Gasteiger partial charge in [-0.1, -0.05) is 0 Å². The molecule has 7 heteroatoms. The summed E-state index contributed by atoms with van der Waals surface area (Å²) in [6.45, 7) is 0.601. The molecular formula is C11H14N6O. The van der Waals surface area contributed by atoms with Gasteiger partial charge in [0, 0.05) is 26.2 Å². The molecule has 0 unspecified atom stereocenters. The number of aromatic nitrogens is 4. The molecule has 0 atom stereocenters. The highest BCUT2D eigenvalue weighted by atomic mass is 16.1. The number of nitrogens with zero attached hydrogens (tertiary/aromatic N) is 4. The van der Waals surface area contributed by atoms with Crippen LogP contribution >= 0.6 is 0 Å². The minimum Gasteiger partial charge on any atom is -0.369 e. The first-order valence-corrected chi connectivity index (χ1v) is 5.50. The van der Waals surface area contributed by atoms with Gasteiger partial charge in [0.2, 0.25) is 0 Å². The molecule has 2 rings (SSSR count). The maximum Gasteiger partial charge on any atom is 0.252 e. The lowest BCUT2D eigenvalue weighted by Gasteiger charge is -2.08. The molecule has 1 amide bonds. The third kappa shape index (κ3) is 2.62. The Morgan fingerprint density at radius 1 is 1.56 bits per heavy atom. The standard InChI is InChI=1S/C11H14N6O/c1-17-7-15-16-9(17)4-6-14-11-8(10(12)18)3-2-5-13-11/h2-3,5,7H,4,6H2,1H3,(H2,12,18)(H,13,14). The molecule has 0 aliphatic heterocycles. The second-order valence-electron chi connectivity index (χ2n) is 3.80. The lowest BCUT2D eigenvalue weighted by atomic mass is 10.2. The van der Waals surface area contributed by atoms with E-state index in [1.807, 2.05) is 11.6 Å². The zero-order valence-electron chi connectivity index (χ0n) is 10.00. The molecule has 0 fully saturated rings. The van der Waals surface area contributed by atoms with Crippen LogP contribution in [0, 0.1) is 0 Å². The van der Waals surface area contributed by atoms with E-state index in [-0.39, 0.29) is 0 Å². The maximum atomic E-state index is 11.2. The number of nitrogens with one attached hydrogen (secondary N) is 1. The van der Waals surface area contributed by atoms with Crippen LogP contribution < -0.4 is 11.1 Å². The Balaban J connectivity index is 1.99. The van der Waals surface area contributed by atoms with Gasteiger partial charge in [0.15, 0.2) is 0 Å². The topological polar surface area (TPSA) is 98.7 Å². The van der Waals surface area contributed by atoms with Crippen molar-refractivity contribution < 1.29 is 4.79 Å². The van der Waals surface area contributed by atoms with E-state index in [0.717, 1.165) is 5.82 Å². The van der Waals surface area contributed by atoms with E-state index < -0.39 is 5.91 Å². The van der Waals surface area contributed by atoms with Crippen molar-refractivity contribution in [1.29, 1.82) is 0 Å². The molecule has 0 aliphatic rings. The van der Waals surface area contributed by atoms with E-state index in [9.17, 15) is 4.79 Å². The number of carbonyl (C=O) groups is 1. The lowest BCUT2D eigenvalue weighted by Crippen LogP contribution is -2.17. The van der Waals surface area contributed by atoms with E-state index in [2.05, 4.69) is 20.5 Å². The van der Waals surface area contributed by atoms with Crippen molar-refractivity contribution in [3.05, 3.63) is 36.0 Å². The SMILES string of the molecule is Cn1cnnc1CCNc1ncccc1C(N)=O. The predicted molar refractivity (Wildman–Crippen MR) is 66.0 cm³/mol. The predicted octanol–water partition coefficient (Wildman–Crippen LogP) is -0.0364. The van der Waals surface area contributed by atoms with Crippen LogP contribution in [-0.2, 0) is 13.5 Å². The summed E-state index contributed by atoms with van der Waals surface area (Å²) in [5.74, 6) is 0.857. The van der Waals surface area contributed by atoms with Crippen molar-refractivity contribution in [2.24, 2.45) is 12.8 Å². The number of carbonyl (C=O) groups excluding carboxylic acids is 1. The number of pyridine rings is 1. The highest BCUT2D eigenvalue weighted by Crippen LogP contribution is 2.10. The number of hydrogen-bond donors (Lipinski definition) is 2. The van der Waals surface area contributed by atoms with Crippen LogP contribution in [0.1, 0.15) is 16.2 Å². The fourth-order valence-electron chi connectivity index (χ4n) is 1.57.